The number of benzene rings is 1. The lowest BCUT2D eigenvalue weighted by atomic mass is 10.2. The van der Waals surface area contributed by atoms with Crippen molar-refractivity contribution in [2.45, 2.75) is 30.4 Å². The number of ether oxygens (including phenoxy) is 1. The van der Waals surface area contributed by atoms with Gasteiger partial charge in [-0.15, -0.1) is 0 Å². The fourth-order valence-corrected chi connectivity index (χ4v) is 3.99. The fourth-order valence-electron chi connectivity index (χ4n) is 2.33. The second kappa shape index (κ2) is 5.90. The number of carbonyl (C=O) groups is 1. The number of hydrogen-bond acceptors (Lipinski definition) is 4. The highest BCUT2D eigenvalue weighted by Crippen LogP contribution is 2.26. The second-order valence-corrected chi connectivity index (χ2v) is 6.58. The van der Waals surface area contributed by atoms with Crippen molar-refractivity contribution in [3.05, 3.63) is 29.8 Å². The van der Waals surface area contributed by atoms with Crippen LogP contribution in [-0.2, 0) is 26.2 Å². The average molecular weight is 299 g/mol. The number of carboxylic acid groups (broad SMARTS) is 1. The van der Waals surface area contributed by atoms with Gasteiger partial charge in [-0.3, -0.25) is 4.79 Å². The van der Waals surface area contributed by atoms with Crippen molar-refractivity contribution in [1.29, 1.82) is 0 Å². The van der Waals surface area contributed by atoms with Crippen LogP contribution >= 0.6 is 0 Å². The molecule has 0 radical (unpaired) electrons. The number of carboxylic acids is 1. The number of nitrogens with zero attached hydrogens (tertiary/aromatic N) is 1. The third-order valence-corrected chi connectivity index (χ3v) is 5.25. The Morgan fingerprint density at radius 2 is 2.05 bits per heavy atom. The lowest BCUT2D eigenvalue weighted by molar-refractivity contribution is -0.140. The minimum atomic E-state index is -3.75. The summed E-state index contributed by atoms with van der Waals surface area (Å²) in [6, 6.07) is 5.35. The summed E-state index contributed by atoms with van der Waals surface area (Å²) in [5.41, 5.74) is 0.864. The van der Waals surface area contributed by atoms with Gasteiger partial charge in [0.15, 0.2) is 0 Å². The molecule has 1 fully saturated rings. The van der Waals surface area contributed by atoms with E-state index in [0.717, 1.165) is 9.87 Å². The molecule has 1 aromatic carbocycles. The first-order chi connectivity index (χ1) is 9.46. The second-order valence-electron chi connectivity index (χ2n) is 4.69. The summed E-state index contributed by atoms with van der Waals surface area (Å²) in [5.74, 6) is -1.10. The molecule has 20 heavy (non-hydrogen) atoms. The first-order valence-corrected chi connectivity index (χ1v) is 7.73. The van der Waals surface area contributed by atoms with Gasteiger partial charge in [0.25, 0.3) is 0 Å². The fraction of sp³-hybridized carbons (Fsp3) is 0.462. The molecule has 1 aliphatic heterocycles. The molecular formula is C13H17NO5S. The zero-order valence-corrected chi connectivity index (χ0v) is 12.0. The normalized spacial score (nSPS) is 20.1. The molecule has 0 spiro atoms. The van der Waals surface area contributed by atoms with E-state index in [-0.39, 0.29) is 11.4 Å². The molecule has 7 heteroatoms. The lowest BCUT2D eigenvalue weighted by Gasteiger charge is -2.21. The highest BCUT2D eigenvalue weighted by molar-refractivity contribution is 7.89. The van der Waals surface area contributed by atoms with Gasteiger partial charge in [-0.25, -0.2) is 8.42 Å². The van der Waals surface area contributed by atoms with E-state index >= 15 is 0 Å². The van der Waals surface area contributed by atoms with E-state index in [1.807, 2.05) is 0 Å². The molecule has 1 N–H and O–H groups in total. The molecule has 0 saturated carbocycles. The summed E-state index contributed by atoms with van der Waals surface area (Å²) in [5, 5.41) is 9.09. The zero-order valence-electron chi connectivity index (χ0n) is 11.2. The van der Waals surface area contributed by atoms with Gasteiger partial charge in [0.2, 0.25) is 10.0 Å². The Kier molecular flexibility index (Phi) is 4.42. The third kappa shape index (κ3) is 2.84. The lowest BCUT2D eigenvalue weighted by Crippen LogP contribution is -2.40. The molecule has 2 rings (SSSR count). The van der Waals surface area contributed by atoms with Crippen molar-refractivity contribution in [2.24, 2.45) is 0 Å². The van der Waals surface area contributed by atoms with Gasteiger partial charge in [0, 0.05) is 13.7 Å². The van der Waals surface area contributed by atoms with Crippen LogP contribution in [0, 0.1) is 0 Å². The van der Waals surface area contributed by atoms with E-state index in [1.54, 1.807) is 19.2 Å². The first-order valence-electron chi connectivity index (χ1n) is 6.29. The Morgan fingerprint density at radius 3 is 2.60 bits per heavy atom. The molecule has 1 aromatic rings. The topological polar surface area (TPSA) is 83.9 Å². The van der Waals surface area contributed by atoms with E-state index in [2.05, 4.69) is 0 Å². The molecule has 0 bridgehead atoms. The number of sulfonamides is 1. The number of methoxy groups -OCH3 is 1. The summed E-state index contributed by atoms with van der Waals surface area (Å²) in [4.78, 5) is 11.2. The average Bonchev–Trinajstić information content (AvgIpc) is 2.90. The van der Waals surface area contributed by atoms with Crippen LogP contribution in [0.5, 0.6) is 0 Å². The van der Waals surface area contributed by atoms with Crippen LogP contribution in [0.1, 0.15) is 18.4 Å². The molecule has 1 atom stereocenters. The predicted octanol–water partition coefficient (Wildman–Crippen LogP) is 1.07. The van der Waals surface area contributed by atoms with Gasteiger partial charge in [-0.1, -0.05) is 12.1 Å². The van der Waals surface area contributed by atoms with Gasteiger partial charge in [-0.05, 0) is 30.5 Å². The molecule has 110 valence electrons. The zero-order chi connectivity index (χ0) is 14.8. The molecule has 0 aromatic heterocycles. The Bertz CT molecular complexity index is 581. The summed E-state index contributed by atoms with van der Waals surface area (Å²) < 4.78 is 30.9. The van der Waals surface area contributed by atoms with Gasteiger partial charge in [-0.2, -0.15) is 4.31 Å². The van der Waals surface area contributed by atoms with Crippen molar-refractivity contribution in [1.82, 2.24) is 4.31 Å². The van der Waals surface area contributed by atoms with Crippen molar-refractivity contribution in [3.8, 4) is 0 Å². The summed E-state index contributed by atoms with van der Waals surface area (Å²) in [6.07, 6.45) is 0.925. The van der Waals surface area contributed by atoms with Crippen molar-refractivity contribution in [2.75, 3.05) is 13.7 Å². The van der Waals surface area contributed by atoms with Gasteiger partial charge < -0.3 is 9.84 Å². The molecule has 1 heterocycles. The van der Waals surface area contributed by atoms with Crippen LogP contribution < -0.4 is 0 Å². The third-order valence-electron chi connectivity index (χ3n) is 3.33. The minimum absolute atomic E-state index is 0.116. The van der Waals surface area contributed by atoms with Crippen LogP contribution in [0.3, 0.4) is 0 Å². The van der Waals surface area contributed by atoms with Gasteiger partial charge in [0.1, 0.15) is 6.04 Å². The quantitative estimate of drug-likeness (QED) is 0.879. The Hall–Kier alpha value is -1.44. The number of aliphatic carboxylic acids is 1. The summed E-state index contributed by atoms with van der Waals surface area (Å²) in [6.45, 7) is 0.654. The molecule has 0 amide bonds. The summed E-state index contributed by atoms with van der Waals surface area (Å²) >= 11 is 0. The van der Waals surface area contributed by atoms with E-state index in [1.165, 1.54) is 12.1 Å². The maximum atomic E-state index is 12.4. The molecule has 1 saturated heterocycles. The molecule has 1 unspecified atom stereocenters. The van der Waals surface area contributed by atoms with E-state index in [9.17, 15) is 13.2 Å². The Labute approximate surface area is 118 Å². The largest absolute Gasteiger partial charge is 0.480 e. The van der Waals surface area contributed by atoms with Crippen LogP contribution in [0.15, 0.2) is 29.2 Å². The van der Waals surface area contributed by atoms with E-state index < -0.39 is 22.0 Å². The standard InChI is InChI=1S/C13H17NO5S/c1-19-9-10-4-6-11(7-5-10)20(17,18)14-8-2-3-12(14)13(15)16/h4-7,12H,2-3,8-9H2,1H3,(H,15,16). The summed E-state index contributed by atoms with van der Waals surface area (Å²) in [7, 11) is -2.19. The van der Waals surface area contributed by atoms with Crippen LogP contribution in [-0.4, -0.2) is 43.5 Å². The van der Waals surface area contributed by atoms with Crippen LogP contribution in [0.4, 0.5) is 0 Å². The first kappa shape index (κ1) is 15.0. The van der Waals surface area contributed by atoms with Crippen molar-refractivity contribution >= 4 is 16.0 Å². The Morgan fingerprint density at radius 1 is 1.40 bits per heavy atom. The monoisotopic (exact) mass is 299 g/mol. The molecule has 0 aliphatic carbocycles. The number of rotatable bonds is 5. The maximum absolute atomic E-state index is 12.4. The van der Waals surface area contributed by atoms with Crippen molar-refractivity contribution < 1.29 is 23.1 Å². The SMILES string of the molecule is COCc1ccc(S(=O)(=O)N2CCCC2C(=O)O)cc1. The maximum Gasteiger partial charge on any atom is 0.322 e. The molecule has 1 aliphatic rings. The predicted molar refractivity (Wildman–Crippen MR) is 71.7 cm³/mol. The smallest absolute Gasteiger partial charge is 0.322 e. The van der Waals surface area contributed by atoms with E-state index in [0.29, 0.717) is 19.4 Å². The highest BCUT2D eigenvalue weighted by atomic mass is 32.2. The van der Waals surface area contributed by atoms with Gasteiger partial charge in [0.05, 0.1) is 11.5 Å². The van der Waals surface area contributed by atoms with Crippen LogP contribution in [0.2, 0.25) is 0 Å². The highest BCUT2D eigenvalue weighted by Gasteiger charge is 2.39. The van der Waals surface area contributed by atoms with Gasteiger partial charge >= 0.3 is 5.97 Å². The number of hydrogen-bond donors (Lipinski definition) is 1. The van der Waals surface area contributed by atoms with Crippen molar-refractivity contribution in [3.63, 3.8) is 0 Å². The molecule has 6 nitrogen and oxygen atoms in total. The minimum Gasteiger partial charge on any atom is -0.480 e. The van der Waals surface area contributed by atoms with Crippen LogP contribution in [0.25, 0.3) is 0 Å². The molecular weight excluding hydrogens is 282 g/mol. The van der Waals surface area contributed by atoms with E-state index in [4.69, 9.17) is 9.84 Å². The Balaban J connectivity index is 2.27.